The van der Waals surface area contributed by atoms with Crippen molar-refractivity contribution in [2.75, 3.05) is 31.4 Å². The number of hydrazine groups is 1. The first kappa shape index (κ1) is 21.2. The molecule has 160 valence electrons. The second-order valence-electron chi connectivity index (χ2n) is 7.35. The molecule has 2 heterocycles. The van der Waals surface area contributed by atoms with E-state index in [0.29, 0.717) is 37.2 Å². The van der Waals surface area contributed by atoms with Crippen LogP contribution in [-0.4, -0.2) is 54.9 Å². The lowest BCUT2D eigenvalue weighted by Gasteiger charge is -2.45. The highest BCUT2D eigenvalue weighted by molar-refractivity contribution is 7.89. The maximum atomic E-state index is 13.1. The van der Waals surface area contributed by atoms with Crippen molar-refractivity contribution in [3.8, 4) is 12.1 Å². The van der Waals surface area contributed by atoms with E-state index in [4.69, 9.17) is 4.74 Å². The summed E-state index contributed by atoms with van der Waals surface area (Å²) in [4.78, 5) is -0.00983. The number of hydrogen-bond acceptors (Lipinski definition) is 8. The Balaban J connectivity index is 1.56. The van der Waals surface area contributed by atoms with Crippen LogP contribution in [0.15, 0.2) is 53.4 Å². The molecule has 31 heavy (non-hydrogen) atoms. The number of para-hydroxylation sites is 1. The number of piperidine rings is 1. The number of benzene rings is 2. The molecule has 1 spiro atoms. The Labute approximate surface area is 180 Å². The van der Waals surface area contributed by atoms with Crippen LogP contribution in [0.1, 0.15) is 24.0 Å². The molecule has 2 aliphatic rings. The summed E-state index contributed by atoms with van der Waals surface area (Å²) in [7, 11) is -3.83. The van der Waals surface area contributed by atoms with E-state index in [0.717, 1.165) is 5.17 Å². The molecule has 4 rings (SSSR count). The van der Waals surface area contributed by atoms with E-state index in [-0.39, 0.29) is 23.5 Å². The molecule has 0 saturated carbocycles. The van der Waals surface area contributed by atoms with Gasteiger partial charge in [0.15, 0.2) is 0 Å². The van der Waals surface area contributed by atoms with Crippen LogP contribution in [0.3, 0.4) is 0 Å². The number of rotatable bonds is 4. The zero-order valence-electron chi connectivity index (χ0n) is 16.7. The lowest BCUT2D eigenvalue weighted by Crippen LogP contribution is -2.59. The zero-order chi connectivity index (χ0) is 22.1. The van der Waals surface area contributed by atoms with Gasteiger partial charge in [-0.3, -0.25) is 5.21 Å². The van der Waals surface area contributed by atoms with Gasteiger partial charge in [0.2, 0.25) is 10.0 Å². The Morgan fingerprint density at radius 3 is 2.26 bits per heavy atom. The summed E-state index contributed by atoms with van der Waals surface area (Å²) in [6, 6.07) is 16.8. The average Bonchev–Trinajstić information content (AvgIpc) is 3.21. The largest absolute Gasteiger partial charge is 0.357 e. The number of nitriles is 2. The summed E-state index contributed by atoms with van der Waals surface area (Å²) >= 11 is 0. The van der Waals surface area contributed by atoms with Gasteiger partial charge in [-0.1, -0.05) is 24.3 Å². The van der Waals surface area contributed by atoms with E-state index < -0.39 is 15.7 Å². The summed E-state index contributed by atoms with van der Waals surface area (Å²) in [5.74, 6) is 0. The fourth-order valence-corrected chi connectivity index (χ4v) is 5.73. The molecule has 0 amide bonds. The van der Waals surface area contributed by atoms with Crippen LogP contribution in [0.25, 0.3) is 0 Å². The van der Waals surface area contributed by atoms with E-state index in [1.807, 2.05) is 6.07 Å². The summed E-state index contributed by atoms with van der Waals surface area (Å²) in [6.07, 6.45) is 0.652. The quantitative estimate of drug-likeness (QED) is 0.719. The van der Waals surface area contributed by atoms with Gasteiger partial charge in [0, 0.05) is 32.5 Å². The van der Waals surface area contributed by atoms with Crippen molar-refractivity contribution in [1.82, 2.24) is 9.31 Å². The van der Waals surface area contributed by atoms with Crippen molar-refractivity contribution in [2.24, 2.45) is 0 Å². The summed E-state index contributed by atoms with van der Waals surface area (Å²) in [5.41, 5.74) is -0.109. The smallest absolute Gasteiger partial charge is 0.244 e. The molecule has 2 fully saturated rings. The molecule has 2 aliphatic heterocycles. The second-order valence-corrected chi connectivity index (χ2v) is 9.25. The molecular formula is C21H21N5O4S. The lowest BCUT2D eigenvalue weighted by atomic mass is 10.0. The van der Waals surface area contributed by atoms with Crippen LogP contribution < -0.4 is 5.17 Å². The molecule has 0 radical (unpaired) electrons. The van der Waals surface area contributed by atoms with Gasteiger partial charge >= 0.3 is 0 Å². The van der Waals surface area contributed by atoms with Crippen molar-refractivity contribution in [3.05, 3.63) is 59.7 Å². The SMILES string of the molecule is N#Cc1ccccc1N(O)N1CCOC12CCN(S(=O)(=O)c1ccccc1C#N)CC2. The van der Waals surface area contributed by atoms with Gasteiger partial charge in [0.1, 0.15) is 23.6 Å². The second kappa shape index (κ2) is 8.27. The highest BCUT2D eigenvalue weighted by Gasteiger charge is 2.49. The minimum atomic E-state index is -3.83. The first-order chi connectivity index (χ1) is 14.9. The highest BCUT2D eigenvalue weighted by atomic mass is 32.2. The van der Waals surface area contributed by atoms with Crippen LogP contribution in [-0.2, 0) is 14.8 Å². The Morgan fingerprint density at radius 2 is 1.58 bits per heavy atom. The minimum Gasteiger partial charge on any atom is -0.357 e. The Morgan fingerprint density at radius 1 is 0.968 bits per heavy atom. The fourth-order valence-electron chi connectivity index (χ4n) is 4.14. The summed E-state index contributed by atoms with van der Waals surface area (Å²) in [5, 5.41) is 32.1. The van der Waals surface area contributed by atoms with Gasteiger partial charge < -0.3 is 4.74 Å². The van der Waals surface area contributed by atoms with Gasteiger partial charge in [-0.15, -0.1) is 0 Å². The molecule has 2 aromatic carbocycles. The Kier molecular flexibility index (Phi) is 5.67. The van der Waals surface area contributed by atoms with Crippen molar-refractivity contribution in [3.63, 3.8) is 0 Å². The van der Waals surface area contributed by atoms with E-state index in [2.05, 4.69) is 6.07 Å². The predicted octanol–water partition coefficient (Wildman–Crippen LogP) is 2.05. The molecule has 2 aromatic rings. The number of hydrogen-bond donors (Lipinski definition) is 1. The molecule has 10 heteroatoms. The van der Waals surface area contributed by atoms with Gasteiger partial charge in [0.25, 0.3) is 0 Å². The summed E-state index contributed by atoms with van der Waals surface area (Å²) in [6.45, 7) is 1.12. The van der Waals surface area contributed by atoms with Gasteiger partial charge in [0.05, 0.1) is 22.6 Å². The third-order valence-electron chi connectivity index (χ3n) is 5.74. The zero-order valence-corrected chi connectivity index (χ0v) is 17.5. The number of ether oxygens (including phenoxy) is 1. The van der Waals surface area contributed by atoms with Gasteiger partial charge in [-0.25, -0.2) is 8.42 Å². The molecule has 0 unspecified atom stereocenters. The molecule has 0 aromatic heterocycles. The van der Waals surface area contributed by atoms with E-state index in [9.17, 15) is 24.1 Å². The standard InChI is InChI=1S/C21H21N5O4S/c22-15-17-5-1-3-7-19(17)26(27)25-13-14-30-21(25)9-11-24(12-10-21)31(28,29)20-8-4-2-6-18(20)16-23/h1-8,27H,9-14H2. The van der Waals surface area contributed by atoms with Crippen molar-refractivity contribution in [2.45, 2.75) is 23.5 Å². The van der Waals surface area contributed by atoms with E-state index in [1.54, 1.807) is 41.4 Å². The van der Waals surface area contributed by atoms with Crippen molar-refractivity contribution < 1.29 is 18.4 Å². The first-order valence-electron chi connectivity index (χ1n) is 9.82. The number of nitrogens with zero attached hydrogens (tertiary/aromatic N) is 5. The molecule has 0 atom stereocenters. The molecule has 0 aliphatic carbocycles. The van der Waals surface area contributed by atoms with Crippen molar-refractivity contribution in [1.29, 1.82) is 10.5 Å². The average molecular weight is 439 g/mol. The molecule has 9 nitrogen and oxygen atoms in total. The van der Waals surface area contributed by atoms with Gasteiger partial charge in [-0.2, -0.15) is 25.0 Å². The molecule has 1 N–H and O–H groups in total. The number of sulfonamides is 1. The molecule has 2 saturated heterocycles. The fraction of sp³-hybridized carbons (Fsp3) is 0.333. The Bertz CT molecular complexity index is 1160. The van der Waals surface area contributed by atoms with Crippen molar-refractivity contribution >= 4 is 15.7 Å². The maximum Gasteiger partial charge on any atom is 0.244 e. The van der Waals surface area contributed by atoms with E-state index in [1.165, 1.54) is 16.4 Å². The lowest BCUT2D eigenvalue weighted by molar-refractivity contribution is -0.143. The van der Waals surface area contributed by atoms with E-state index >= 15 is 0 Å². The Hall–Kier alpha value is -2.99. The topological polar surface area (TPSA) is 121 Å². The third kappa shape index (κ3) is 3.65. The monoisotopic (exact) mass is 439 g/mol. The van der Waals surface area contributed by atoms with Crippen LogP contribution in [0.5, 0.6) is 0 Å². The number of anilines is 1. The van der Waals surface area contributed by atoms with Crippen LogP contribution >= 0.6 is 0 Å². The third-order valence-corrected chi connectivity index (χ3v) is 7.70. The molecular weight excluding hydrogens is 418 g/mol. The first-order valence-corrected chi connectivity index (χ1v) is 11.3. The van der Waals surface area contributed by atoms with Gasteiger partial charge in [-0.05, 0) is 24.3 Å². The van der Waals surface area contributed by atoms with Crippen LogP contribution in [0, 0.1) is 22.7 Å². The minimum absolute atomic E-state index is 0.00983. The molecule has 0 bridgehead atoms. The maximum absolute atomic E-state index is 13.1. The predicted molar refractivity (Wildman–Crippen MR) is 110 cm³/mol. The van der Waals surface area contributed by atoms with Crippen LogP contribution in [0.4, 0.5) is 5.69 Å². The summed E-state index contributed by atoms with van der Waals surface area (Å²) < 4.78 is 33.6. The normalized spacial score (nSPS) is 19.1. The van der Waals surface area contributed by atoms with Crippen LogP contribution in [0.2, 0.25) is 0 Å². The highest BCUT2D eigenvalue weighted by Crippen LogP contribution is 2.38.